The average Bonchev–Trinajstić information content (AvgIpc) is 3.02. The molecule has 0 bridgehead atoms. The van der Waals surface area contributed by atoms with Gasteiger partial charge >= 0.3 is 0 Å². The molecular weight excluding hydrogens is 356 g/mol. The normalized spacial score (nSPS) is 17.2. The number of benzene rings is 1. The minimum Gasteiger partial charge on any atom is -0.387 e. The van der Waals surface area contributed by atoms with Crippen LogP contribution in [0.1, 0.15) is 17.4 Å². The second kappa shape index (κ2) is 8.64. The van der Waals surface area contributed by atoms with Gasteiger partial charge in [-0.1, -0.05) is 28.9 Å². The number of carbonyl (C=O) groups excluding carboxylic acids is 1. The molecule has 1 aromatic carbocycles. The van der Waals surface area contributed by atoms with Crippen molar-refractivity contribution in [3.63, 3.8) is 0 Å². The zero-order valence-corrected chi connectivity index (χ0v) is 15.4. The van der Waals surface area contributed by atoms with Crippen molar-refractivity contribution in [2.24, 2.45) is 0 Å². The fraction of sp³-hybridized carbons (Fsp3) is 0.444. The third-order valence-electron chi connectivity index (χ3n) is 4.41. The van der Waals surface area contributed by atoms with E-state index in [2.05, 4.69) is 20.3 Å². The number of nitrogens with zero attached hydrogens (tertiary/aromatic N) is 3. The third kappa shape index (κ3) is 5.28. The highest BCUT2D eigenvalue weighted by Gasteiger charge is 2.21. The van der Waals surface area contributed by atoms with E-state index < -0.39 is 6.10 Å². The number of piperazine rings is 1. The Bertz CT molecular complexity index is 726. The summed E-state index contributed by atoms with van der Waals surface area (Å²) in [5, 5.41) is 17.5. The Kier molecular flexibility index (Phi) is 6.26. The lowest BCUT2D eigenvalue weighted by Crippen LogP contribution is -2.49. The van der Waals surface area contributed by atoms with E-state index in [0.29, 0.717) is 29.7 Å². The average molecular weight is 379 g/mol. The summed E-state index contributed by atoms with van der Waals surface area (Å²) in [4.78, 5) is 16.4. The highest BCUT2D eigenvalue weighted by Crippen LogP contribution is 2.18. The molecule has 0 saturated carbocycles. The van der Waals surface area contributed by atoms with E-state index in [4.69, 9.17) is 16.1 Å². The molecule has 0 spiro atoms. The SMILES string of the molecule is Cc1cc(NC(=O)CN2CCN(CC(O)c3ccc(Cl)cc3)CC2)no1. The molecule has 2 aromatic rings. The topological polar surface area (TPSA) is 81.8 Å². The number of rotatable bonds is 6. The van der Waals surface area contributed by atoms with Crippen LogP contribution in [0.3, 0.4) is 0 Å². The number of amides is 1. The summed E-state index contributed by atoms with van der Waals surface area (Å²) in [6.07, 6.45) is -0.544. The number of hydrogen-bond acceptors (Lipinski definition) is 6. The molecule has 1 aliphatic heterocycles. The van der Waals surface area contributed by atoms with E-state index in [-0.39, 0.29) is 5.91 Å². The number of halogens is 1. The van der Waals surface area contributed by atoms with Gasteiger partial charge in [0.05, 0.1) is 12.6 Å². The Morgan fingerprint density at radius 3 is 2.54 bits per heavy atom. The number of hydrogen-bond donors (Lipinski definition) is 2. The van der Waals surface area contributed by atoms with E-state index in [1.807, 2.05) is 12.1 Å². The Balaban J connectivity index is 1.41. The molecule has 1 saturated heterocycles. The summed E-state index contributed by atoms with van der Waals surface area (Å²) in [6, 6.07) is 8.95. The molecule has 1 fully saturated rings. The molecule has 1 aliphatic rings. The fourth-order valence-electron chi connectivity index (χ4n) is 2.98. The van der Waals surface area contributed by atoms with Crippen LogP contribution in [0, 0.1) is 6.92 Å². The molecule has 2 N–H and O–H groups in total. The molecule has 7 nitrogen and oxygen atoms in total. The van der Waals surface area contributed by atoms with Crippen LogP contribution in [-0.4, -0.2) is 65.2 Å². The Hall–Kier alpha value is -1.93. The molecule has 1 aromatic heterocycles. The van der Waals surface area contributed by atoms with Crippen molar-refractivity contribution < 1.29 is 14.4 Å². The third-order valence-corrected chi connectivity index (χ3v) is 4.67. The summed E-state index contributed by atoms with van der Waals surface area (Å²) in [5.41, 5.74) is 0.860. The summed E-state index contributed by atoms with van der Waals surface area (Å²) >= 11 is 5.88. The monoisotopic (exact) mass is 378 g/mol. The van der Waals surface area contributed by atoms with Crippen molar-refractivity contribution in [3.8, 4) is 0 Å². The maximum atomic E-state index is 12.1. The molecule has 1 amide bonds. The van der Waals surface area contributed by atoms with Gasteiger partial charge in [-0.05, 0) is 24.6 Å². The van der Waals surface area contributed by atoms with E-state index in [1.54, 1.807) is 25.1 Å². The molecular formula is C18H23ClN4O3. The van der Waals surface area contributed by atoms with Gasteiger partial charge < -0.3 is 14.9 Å². The van der Waals surface area contributed by atoms with Gasteiger partial charge in [0.1, 0.15) is 5.76 Å². The van der Waals surface area contributed by atoms with Crippen molar-refractivity contribution >= 4 is 23.3 Å². The number of aliphatic hydroxyl groups is 1. The molecule has 2 heterocycles. The zero-order valence-electron chi connectivity index (χ0n) is 14.7. The summed E-state index contributed by atoms with van der Waals surface area (Å²) in [6.45, 7) is 5.83. The molecule has 1 atom stereocenters. The van der Waals surface area contributed by atoms with Crippen LogP contribution >= 0.6 is 11.6 Å². The van der Waals surface area contributed by atoms with Crippen molar-refractivity contribution in [2.75, 3.05) is 44.6 Å². The lowest BCUT2D eigenvalue weighted by atomic mass is 10.1. The summed E-state index contributed by atoms with van der Waals surface area (Å²) in [5.74, 6) is 0.998. The van der Waals surface area contributed by atoms with Crippen LogP contribution in [0.2, 0.25) is 5.02 Å². The standard InChI is InChI=1S/C18H23ClN4O3/c1-13-10-17(21-26-13)20-18(25)12-23-8-6-22(7-9-23)11-16(24)14-2-4-15(19)5-3-14/h2-5,10,16,24H,6-9,11-12H2,1H3,(H,20,21,25). The number of anilines is 1. The Morgan fingerprint density at radius 1 is 1.27 bits per heavy atom. The molecule has 3 rings (SSSR count). The molecule has 26 heavy (non-hydrogen) atoms. The zero-order chi connectivity index (χ0) is 18.5. The van der Waals surface area contributed by atoms with Gasteiger partial charge in [-0.3, -0.25) is 14.6 Å². The molecule has 0 radical (unpaired) electrons. The number of aryl methyl sites for hydroxylation is 1. The number of nitrogens with one attached hydrogen (secondary N) is 1. The van der Waals surface area contributed by atoms with Crippen LogP contribution in [0.4, 0.5) is 5.82 Å². The van der Waals surface area contributed by atoms with Crippen LogP contribution in [0.5, 0.6) is 0 Å². The minimum atomic E-state index is -0.544. The van der Waals surface area contributed by atoms with Gasteiger partial charge in [0.2, 0.25) is 5.91 Å². The van der Waals surface area contributed by atoms with Gasteiger partial charge in [0.25, 0.3) is 0 Å². The van der Waals surface area contributed by atoms with Gasteiger partial charge in [0, 0.05) is 43.8 Å². The number of aliphatic hydroxyl groups excluding tert-OH is 1. The first-order chi connectivity index (χ1) is 12.5. The second-order valence-electron chi connectivity index (χ2n) is 6.52. The van der Waals surface area contributed by atoms with E-state index in [9.17, 15) is 9.90 Å². The quantitative estimate of drug-likeness (QED) is 0.799. The summed E-state index contributed by atoms with van der Waals surface area (Å²) in [7, 11) is 0. The first-order valence-electron chi connectivity index (χ1n) is 8.61. The van der Waals surface area contributed by atoms with E-state index >= 15 is 0 Å². The Morgan fingerprint density at radius 2 is 1.92 bits per heavy atom. The van der Waals surface area contributed by atoms with Crippen LogP contribution in [0.25, 0.3) is 0 Å². The first kappa shape index (κ1) is 18.8. The second-order valence-corrected chi connectivity index (χ2v) is 6.95. The van der Waals surface area contributed by atoms with Crippen molar-refractivity contribution in [3.05, 3.63) is 46.7 Å². The van der Waals surface area contributed by atoms with Crippen LogP contribution in [-0.2, 0) is 4.79 Å². The molecule has 1 unspecified atom stereocenters. The molecule has 0 aliphatic carbocycles. The van der Waals surface area contributed by atoms with E-state index in [0.717, 1.165) is 31.7 Å². The van der Waals surface area contributed by atoms with Gasteiger partial charge in [-0.25, -0.2) is 0 Å². The fourth-order valence-corrected chi connectivity index (χ4v) is 3.10. The predicted molar refractivity (Wildman–Crippen MR) is 99.2 cm³/mol. The Labute approximate surface area is 157 Å². The van der Waals surface area contributed by atoms with Crippen LogP contribution < -0.4 is 5.32 Å². The number of carbonyl (C=O) groups is 1. The first-order valence-corrected chi connectivity index (χ1v) is 8.99. The number of β-amino-alcohol motifs (C(OH)–C–C–N with tert-alkyl or cyclic N) is 1. The highest BCUT2D eigenvalue weighted by molar-refractivity contribution is 6.30. The predicted octanol–water partition coefficient (Wildman–Crippen LogP) is 1.93. The maximum Gasteiger partial charge on any atom is 0.239 e. The highest BCUT2D eigenvalue weighted by atomic mass is 35.5. The smallest absolute Gasteiger partial charge is 0.239 e. The van der Waals surface area contributed by atoms with Crippen molar-refractivity contribution in [1.29, 1.82) is 0 Å². The van der Waals surface area contributed by atoms with Crippen molar-refractivity contribution in [2.45, 2.75) is 13.0 Å². The lowest BCUT2D eigenvalue weighted by molar-refractivity contribution is -0.117. The minimum absolute atomic E-state index is 0.104. The maximum absolute atomic E-state index is 12.1. The van der Waals surface area contributed by atoms with Gasteiger partial charge in [-0.15, -0.1) is 0 Å². The largest absolute Gasteiger partial charge is 0.387 e. The lowest BCUT2D eigenvalue weighted by Gasteiger charge is -2.35. The summed E-state index contributed by atoms with van der Waals surface area (Å²) < 4.78 is 4.93. The van der Waals surface area contributed by atoms with Crippen molar-refractivity contribution in [1.82, 2.24) is 15.0 Å². The molecule has 8 heteroatoms. The number of aromatic nitrogens is 1. The van der Waals surface area contributed by atoms with Gasteiger partial charge in [0.15, 0.2) is 5.82 Å². The molecule has 140 valence electrons. The van der Waals surface area contributed by atoms with Gasteiger partial charge in [-0.2, -0.15) is 0 Å². The van der Waals surface area contributed by atoms with Crippen LogP contribution in [0.15, 0.2) is 34.9 Å². The van der Waals surface area contributed by atoms with E-state index in [1.165, 1.54) is 0 Å².